The molecule has 0 aliphatic heterocycles. The molecule has 6 nitrogen and oxygen atoms in total. The topological polar surface area (TPSA) is 78.9 Å². The van der Waals surface area contributed by atoms with E-state index >= 15 is 0 Å². The van der Waals surface area contributed by atoms with Crippen LogP contribution in [-0.2, 0) is 28.6 Å². The minimum atomic E-state index is -0.811. The van der Waals surface area contributed by atoms with E-state index in [1.807, 2.05) is 72.9 Å². The highest BCUT2D eigenvalue weighted by atomic mass is 16.6. The van der Waals surface area contributed by atoms with Gasteiger partial charge in [0.1, 0.15) is 13.2 Å². The highest BCUT2D eigenvalue weighted by Gasteiger charge is 2.19. The smallest absolute Gasteiger partial charge is 0.306 e. The van der Waals surface area contributed by atoms with Crippen LogP contribution in [0.25, 0.3) is 0 Å². The molecule has 0 rings (SSSR count). The molecule has 1 atom stereocenters. The van der Waals surface area contributed by atoms with E-state index < -0.39 is 6.10 Å². The van der Waals surface area contributed by atoms with Gasteiger partial charge in [-0.15, -0.1) is 0 Å². The van der Waals surface area contributed by atoms with Gasteiger partial charge in [-0.3, -0.25) is 14.4 Å². The minimum Gasteiger partial charge on any atom is -0.462 e. The number of carbonyl (C=O) groups is 3. The number of carbonyl (C=O) groups excluding carboxylic acids is 3. The first kappa shape index (κ1) is 58.6. The van der Waals surface area contributed by atoms with Gasteiger partial charge in [-0.1, -0.05) is 212 Å². The summed E-state index contributed by atoms with van der Waals surface area (Å²) in [6, 6.07) is 0. The lowest BCUT2D eigenvalue weighted by atomic mass is 10.1. The second-order valence-corrected chi connectivity index (χ2v) is 15.8. The van der Waals surface area contributed by atoms with Crippen molar-refractivity contribution in [3.05, 3.63) is 134 Å². The molecule has 0 aromatic rings. The van der Waals surface area contributed by atoms with Crippen LogP contribution in [0.2, 0.25) is 0 Å². The number of hydrogen-bond acceptors (Lipinski definition) is 6. The number of rotatable bonds is 42. The van der Waals surface area contributed by atoms with Crippen molar-refractivity contribution >= 4 is 17.9 Å². The first-order valence-corrected chi connectivity index (χ1v) is 24.8. The van der Waals surface area contributed by atoms with Gasteiger partial charge in [0.05, 0.1) is 0 Å². The Morgan fingerprint density at radius 3 is 1.08 bits per heavy atom. The van der Waals surface area contributed by atoms with Crippen LogP contribution >= 0.6 is 0 Å². The van der Waals surface area contributed by atoms with Crippen LogP contribution in [0.5, 0.6) is 0 Å². The summed E-state index contributed by atoms with van der Waals surface area (Å²) in [5.74, 6) is -0.989. The summed E-state index contributed by atoms with van der Waals surface area (Å²) < 4.78 is 16.7. The lowest BCUT2D eigenvalue weighted by molar-refractivity contribution is -0.167. The van der Waals surface area contributed by atoms with Gasteiger partial charge in [-0.05, 0) is 89.9 Å². The maximum absolute atomic E-state index is 12.8. The van der Waals surface area contributed by atoms with Gasteiger partial charge in [0.2, 0.25) is 0 Å². The Balaban J connectivity index is 4.54. The van der Waals surface area contributed by atoms with Crippen molar-refractivity contribution < 1.29 is 28.6 Å². The van der Waals surface area contributed by atoms with E-state index in [0.717, 1.165) is 122 Å². The van der Waals surface area contributed by atoms with Crippen LogP contribution < -0.4 is 0 Å². The molecule has 0 amide bonds. The van der Waals surface area contributed by atoms with Gasteiger partial charge in [0, 0.05) is 19.3 Å². The summed E-state index contributed by atoms with van der Waals surface area (Å²) in [6.45, 7) is 6.19. The van der Waals surface area contributed by atoms with E-state index in [9.17, 15) is 14.4 Å². The Hall–Kier alpha value is -4.45. The summed E-state index contributed by atoms with van der Waals surface area (Å²) in [4.78, 5) is 37.9. The number of ether oxygens (including phenoxy) is 3. The summed E-state index contributed by atoms with van der Waals surface area (Å²) >= 11 is 0. The van der Waals surface area contributed by atoms with Crippen LogP contribution in [0.4, 0.5) is 0 Å². The Labute approximate surface area is 385 Å². The van der Waals surface area contributed by atoms with Crippen molar-refractivity contribution in [2.45, 2.75) is 194 Å². The first-order chi connectivity index (χ1) is 31.0. The molecule has 0 saturated carbocycles. The van der Waals surface area contributed by atoms with Gasteiger partial charge >= 0.3 is 17.9 Å². The maximum atomic E-state index is 12.8. The average Bonchev–Trinajstić information content (AvgIpc) is 3.28. The molecule has 0 bridgehead atoms. The van der Waals surface area contributed by atoms with E-state index in [1.54, 1.807) is 0 Å². The van der Waals surface area contributed by atoms with Crippen LogP contribution in [0.1, 0.15) is 188 Å². The van der Waals surface area contributed by atoms with E-state index in [4.69, 9.17) is 14.2 Å². The molecule has 0 heterocycles. The van der Waals surface area contributed by atoms with Gasteiger partial charge < -0.3 is 14.2 Å². The minimum absolute atomic E-state index is 0.109. The number of allylic oxidation sites excluding steroid dienone is 22. The molecule has 63 heavy (non-hydrogen) atoms. The normalized spacial score (nSPS) is 13.3. The third-order valence-electron chi connectivity index (χ3n) is 9.83. The van der Waals surface area contributed by atoms with Crippen molar-refractivity contribution in [3.63, 3.8) is 0 Å². The van der Waals surface area contributed by atoms with Crippen LogP contribution in [0.3, 0.4) is 0 Å². The zero-order chi connectivity index (χ0) is 45.8. The summed E-state index contributed by atoms with van der Waals surface area (Å²) in [7, 11) is 0. The van der Waals surface area contributed by atoms with Crippen molar-refractivity contribution in [1.29, 1.82) is 0 Å². The summed E-state index contributed by atoms with van der Waals surface area (Å²) in [5.41, 5.74) is 0. The van der Waals surface area contributed by atoms with Crippen LogP contribution in [0, 0.1) is 0 Å². The molecule has 0 aromatic carbocycles. The molecular formula is C57H88O6. The zero-order valence-electron chi connectivity index (χ0n) is 40.0. The summed E-state index contributed by atoms with van der Waals surface area (Å²) in [5, 5.41) is 0. The Morgan fingerprint density at radius 2 is 0.651 bits per heavy atom. The summed E-state index contributed by atoms with van der Waals surface area (Å²) in [6.07, 6.45) is 70.0. The predicted octanol–water partition coefficient (Wildman–Crippen LogP) is 16.3. The fourth-order valence-electron chi connectivity index (χ4n) is 6.20. The first-order valence-electron chi connectivity index (χ1n) is 24.8. The monoisotopic (exact) mass is 869 g/mol. The second kappa shape index (κ2) is 50.2. The highest BCUT2D eigenvalue weighted by Crippen LogP contribution is 2.13. The van der Waals surface area contributed by atoms with E-state index in [1.165, 1.54) is 25.7 Å². The molecule has 1 unspecified atom stereocenters. The predicted molar refractivity (Wildman–Crippen MR) is 269 cm³/mol. The van der Waals surface area contributed by atoms with Gasteiger partial charge in [0.15, 0.2) is 6.10 Å². The van der Waals surface area contributed by atoms with E-state index in [0.29, 0.717) is 19.3 Å². The Morgan fingerprint density at radius 1 is 0.333 bits per heavy atom. The largest absolute Gasteiger partial charge is 0.462 e. The van der Waals surface area contributed by atoms with Crippen molar-refractivity contribution in [1.82, 2.24) is 0 Å². The molecule has 0 aromatic heterocycles. The van der Waals surface area contributed by atoms with Crippen molar-refractivity contribution in [2.24, 2.45) is 0 Å². The molecule has 0 N–H and O–H groups in total. The zero-order valence-corrected chi connectivity index (χ0v) is 40.0. The third kappa shape index (κ3) is 48.4. The van der Waals surface area contributed by atoms with E-state index in [2.05, 4.69) is 81.5 Å². The molecular weight excluding hydrogens is 781 g/mol. The number of hydrogen-bond donors (Lipinski definition) is 0. The molecule has 352 valence electrons. The maximum Gasteiger partial charge on any atom is 0.306 e. The van der Waals surface area contributed by atoms with Gasteiger partial charge in [-0.2, -0.15) is 0 Å². The van der Waals surface area contributed by atoms with Gasteiger partial charge in [-0.25, -0.2) is 0 Å². The van der Waals surface area contributed by atoms with Gasteiger partial charge in [0.25, 0.3) is 0 Å². The lowest BCUT2D eigenvalue weighted by Crippen LogP contribution is -2.30. The molecule has 0 saturated heterocycles. The fraction of sp³-hybridized carbons (Fsp3) is 0.561. The fourth-order valence-corrected chi connectivity index (χ4v) is 6.20. The van der Waals surface area contributed by atoms with Crippen molar-refractivity contribution in [3.8, 4) is 0 Å². The molecule has 0 spiro atoms. The number of esters is 3. The quantitative estimate of drug-likeness (QED) is 0.0200. The molecule has 6 heteroatoms. The highest BCUT2D eigenvalue weighted by molar-refractivity contribution is 5.71. The Kier molecular flexibility index (Phi) is 46.7. The SMILES string of the molecule is CC\C=C/C=C\C=C/C=C\C=C\C=C/C=C\CCCCCC(=O)OCC(COC(=O)CCCCCCC/C=C\C/C=C\CC)OC(=O)CCCCCCCCC/C=C\C/C=C\CC. The van der Waals surface area contributed by atoms with Crippen molar-refractivity contribution in [2.75, 3.05) is 13.2 Å². The number of unbranched alkanes of at least 4 members (excludes halogenated alkanes) is 15. The second-order valence-electron chi connectivity index (χ2n) is 15.8. The van der Waals surface area contributed by atoms with E-state index in [-0.39, 0.29) is 31.1 Å². The molecule has 0 aliphatic rings. The Bertz CT molecular complexity index is 1420. The molecule has 0 fully saturated rings. The van der Waals surface area contributed by atoms with Crippen LogP contribution in [0.15, 0.2) is 134 Å². The molecule has 0 radical (unpaired) electrons. The standard InChI is InChI=1S/C57H88O6/c1-4-7-10-13-16-19-22-25-27-28-29-30-31-33-35-38-41-44-47-50-56(59)62-53-54(52-61-55(58)49-46-43-40-37-34-24-21-18-15-12-9-6-3)63-57(60)51-48-45-42-39-36-32-26-23-20-17-14-11-8-5-2/h7-13,16-22,25,27-31,33,35,54H,4-6,14-15,23-24,26,32,34,36-53H2,1-3H3/b10-7-,11-8-,12-9-,16-13-,20-17-,21-18-,22-19-,27-25-,29-28+,31-30-,35-33-. The lowest BCUT2D eigenvalue weighted by Gasteiger charge is -2.18. The third-order valence-corrected chi connectivity index (χ3v) is 9.83. The van der Waals surface area contributed by atoms with Crippen LogP contribution in [-0.4, -0.2) is 37.2 Å². The average molecular weight is 869 g/mol. The molecule has 0 aliphatic carbocycles.